The summed E-state index contributed by atoms with van der Waals surface area (Å²) >= 11 is 0. The third-order valence-corrected chi connectivity index (χ3v) is 2.18. The Labute approximate surface area is 84.5 Å². The van der Waals surface area contributed by atoms with Crippen LogP contribution in [0, 0.1) is 10.1 Å². The molecule has 1 N–H and O–H groups in total. The van der Waals surface area contributed by atoms with Gasteiger partial charge < -0.3 is 5.32 Å². The zero-order valence-corrected chi connectivity index (χ0v) is 9.09. The minimum absolute atomic E-state index is 0.0894. The van der Waals surface area contributed by atoms with Gasteiger partial charge in [0.15, 0.2) is 0 Å². The highest BCUT2D eigenvalue weighted by molar-refractivity contribution is 5.11. The van der Waals surface area contributed by atoms with Crippen molar-refractivity contribution in [1.29, 1.82) is 0 Å². The molecule has 0 amide bonds. The highest BCUT2D eigenvalue weighted by Crippen LogP contribution is 2.24. The van der Waals surface area contributed by atoms with Crippen molar-refractivity contribution in [1.82, 2.24) is 5.32 Å². The first-order chi connectivity index (χ1) is 6.40. The zero-order valence-electron chi connectivity index (χ0n) is 9.09. The molecular weight excluding hydrogens is 180 g/mol. The van der Waals surface area contributed by atoms with E-state index in [1.807, 2.05) is 20.8 Å². The average Bonchev–Trinajstić information content (AvgIpc) is 2.01. The van der Waals surface area contributed by atoms with Gasteiger partial charge in [0.25, 0.3) is 5.70 Å². The monoisotopic (exact) mass is 198 g/mol. The van der Waals surface area contributed by atoms with E-state index in [0.717, 1.165) is 25.0 Å². The van der Waals surface area contributed by atoms with Crippen LogP contribution in [0.25, 0.3) is 0 Å². The molecule has 0 radical (unpaired) electrons. The van der Waals surface area contributed by atoms with E-state index in [4.69, 9.17) is 0 Å². The Kier molecular flexibility index (Phi) is 3.13. The second-order valence-electron chi connectivity index (χ2n) is 4.76. The molecule has 0 unspecified atom stereocenters. The number of hydrogen-bond acceptors (Lipinski definition) is 3. The number of nitrogens with one attached hydrogen (secondary N) is 1. The van der Waals surface area contributed by atoms with Crippen molar-refractivity contribution in [2.24, 2.45) is 0 Å². The first kappa shape index (κ1) is 11.0. The molecule has 0 aliphatic heterocycles. The van der Waals surface area contributed by atoms with Crippen LogP contribution < -0.4 is 5.32 Å². The minimum atomic E-state index is -0.243. The van der Waals surface area contributed by atoms with Crippen LogP contribution in [0.3, 0.4) is 0 Å². The smallest absolute Gasteiger partial charge is 0.264 e. The molecule has 0 aromatic rings. The third-order valence-electron chi connectivity index (χ3n) is 2.18. The normalized spacial score (nSPS) is 18.2. The van der Waals surface area contributed by atoms with E-state index in [1.54, 1.807) is 0 Å². The molecule has 0 saturated carbocycles. The van der Waals surface area contributed by atoms with E-state index in [2.05, 4.69) is 5.32 Å². The molecule has 0 heterocycles. The number of rotatable bonds is 2. The molecule has 0 aromatic heterocycles. The van der Waals surface area contributed by atoms with Gasteiger partial charge >= 0.3 is 0 Å². The maximum atomic E-state index is 10.8. The lowest BCUT2D eigenvalue weighted by Gasteiger charge is -2.26. The lowest BCUT2D eigenvalue weighted by atomic mass is 9.99. The van der Waals surface area contributed by atoms with Gasteiger partial charge in [0.05, 0.1) is 10.6 Å². The van der Waals surface area contributed by atoms with Crippen LogP contribution in [0.15, 0.2) is 11.4 Å². The van der Waals surface area contributed by atoms with Crippen molar-refractivity contribution >= 4 is 0 Å². The second kappa shape index (κ2) is 3.98. The maximum absolute atomic E-state index is 10.8. The quantitative estimate of drug-likeness (QED) is 0.547. The van der Waals surface area contributed by atoms with Crippen LogP contribution in [-0.4, -0.2) is 10.5 Å². The SMILES string of the molecule is CC(C)(C)NC1=C([N+](=O)[O-])CCCC1. The van der Waals surface area contributed by atoms with Crippen molar-refractivity contribution < 1.29 is 4.92 Å². The van der Waals surface area contributed by atoms with Crippen LogP contribution in [-0.2, 0) is 0 Å². The van der Waals surface area contributed by atoms with E-state index in [1.165, 1.54) is 0 Å². The lowest BCUT2D eigenvalue weighted by molar-refractivity contribution is -0.430. The molecule has 80 valence electrons. The summed E-state index contributed by atoms with van der Waals surface area (Å²) in [4.78, 5) is 10.5. The van der Waals surface area contributed by atoms with Crippen molar-refractivity contribution in [3.8, 4) is 0 Å². The Bertz CT molecular complexity index is 264. The molecule has 4 nitrogen and oxygen atoms in total. The fourth-order valence-electron chi connectivity index (χ4n) is 1.68. The van der Waals surface area contributed by atoms with Crippen molar-refractivity contribution in [3.63, 3.8) is 0 Å². The molecule has 0 aromatic carbocycles. The molecule has 0 fully saturated rings. The Morgan fingerprint density at radius 2 is 1.86 bits per heavy atom. The largest absolute Gasteiger partial charge is 0.379 e. The molecule has 0 atom stereocenters. The van der Waals surface area contributed by atoms with E-state index < -0.39 is 0 Å². The third kappa shape index (κ3) is 3.01. The number of hydrogen-bond donors (Lipinski definition) is 1. The van der Waals surface area contributed by atoms with Crippen LogP contribution in [0.5, 0.6) is 0 Å². The van der Waals surface area contributed by atoms with Gasteiger partial charge in [0.1, 0.15) is 0 Å². The second-order valence-corrected chi connectivity index (χ2v) is 4.76. The van der Waals surface area contributed by atoms with E-state index in [-0.39, 0.29) is 10.5 Å². The van der Waals surface area contributed by atoms with Crippen LogP contribution in [0.1, 0.15) is 46.5 Å². The summed E-state index contributed by atoms with van der Waals surface area (Å²) in [7, 11) is 0. The Hall–Kier alpha value is -1.06. The van der Waals surface area contributed by atoms with Crippen molar-refractivity contribution in [3.05, 3.63) is 21.5 Å². The van der Waals surface area contributed by atoms with Gasteiger partial charge in [-0.2, -0.15) is 0 Å². The predicted molar refractivity (Wildman–Crippen MR) is 55.4 cm³/mol. The summed E-state index contributed by atoms with van der Waals surface area (Å²) in [5.74, 6) is 0. The van der Waals surface area contributed by atoms with Gasteiger partial charge in [0, 0.05) is 12.0 Å². The van der Waals surface area contributed by atoms with Gasteiger partial charge in [-0.15, -0.1) is 0 Å². The minimum Gasteiger partial charge on any atom is -0.379 e. The van der Waals surface area contributed by atoms with Gasteiger partial charge in [-0.25, -0.2) is 0 Å². The highest BCUT2D eigenvalue weighted by atomic mass is 16.6. The summed E-state index contributed by atoms with van der Waals surface area (Å²) in [6, 6.07) is 0. The molecule has 0 spiro atoms. The van der Waals surface area contributed by atoms with Gasteiger partial charge in [-0.05, 0) is 40.0 Å². The highest BCUT2D eigenvalue weighted by Gasteiger charge is 2.24. The summed E-state index contributed by atoms with van der Waals surface area (Å²) < 4.78 is 0. The Morgan fingerprint density at radius 1 is 1.29 bits per heavy atom. The number of nitrogens with zero attached hydrogens (tertiary/aromatic N) is 1. The van der Waals surface area contributed by atoms with Gasteiger partial charge in [-0.3, -0.25) is 10.1 Å². The molecule has 14 heavy (non-hydrogen) atoms. The number of nitro groups is 1. The molecule has 1 aliphatic carbocycles. The molecule has 1 aliphatic rings. The average molecular weight is 198 g/mol. The zero-order chi connectivity index (χ0) is 10.8. The summed E-state index contributed by atoms with van der Waals surface area (Å²) in [5.41, 5.74) is 1.12. The van der Waals surface area contributed by atoms with E-state index in [9.17, 15) is 10.1 Å². The van der Waals surface area contributed by atoms with Crippen molar-refractivity contribution in [2.75, 3.05) is 0 Å². The fourth-order valence-corrected chi connectivity index (χ4v) is 1.68. The standard InChI is InChI=1S/C10H18N2O2/c1-10(2,3)11-8-6-4-5-7-9(8)12(13)14/h11H,4-7H2,1-3H3. The van der Waals surface area contributed by atoms with E-state index in [0.29, 0.717) is 12.1 Å². The molecule has 1 rings (SSSR count). The fraction of sp³-hybridized carbons (Fsp3) is 0.800. The van der Waals surface area contributed by atoms with E-state index >= 15 is 0 Å². The Morgan fingerprint density at radius 3 is 2.36 bits per heavy atom. The number of allylic oxidation sites excluding steroid dienone is 2. The van der Waals surface area contributed by atoms with Gasteiger partial charge in [-0.1, -0.05) is 0 Å². The van der Waals surface area contributed by atoms with Crippen LogP contribution in [0.2, 0.25) is 0 Å². The topological polar surface area (TPSA) is 55.2 Å². The van der Waals surface area contributed by atoms with Crippen LogP contribution >= 0.6 is 0 Å². The molecule has 0 saturated heterocycles. The predicted octanol–water partition coefficient (Wildman–Crippen LogP) is 2.44. The Balaban J connectivity index is 2.84. The lowest BCUT2D eigenvalue weighted by Crippen LogP contribution is -2.37. The van der Waals surface area contributed by atoms with Crippen molar-refractivity contribution in [2.45, 2.75) is 52.0 Å². The van der Waals surface area contributed by atoms with Gasteiger partial charge in [0.2, 0.25) is 0 Å². The summed E-state index contributed by atoms with van der Waals surface area (Å²) in [6.07, 6.45) is 3.40. The molecule has 0 bridgehead atoms. The van der Waals surface area contributed by atoms with Crippen LogP contribution in [0.4, 0.5) is 0 Å². The maximum Gasteiger partial charge on any atom is 0.264 e. The first-order valence-corrected chi connectivity index (χ1v) is 5.05. The molecule has 4 heteroatoms. The summed E-state index contributed by atoms with van der Waals surface area (Å²) in [5, 5.41) is 14.0. The first-order valence-electron chi connectivity index (χ1n) is 5.05. The summed E-state index contributed by atoms with van der Waals surface area (Å²) in [6.45, 7) is 6.06. The molecular formula is C10H18N2O2.